The highest BCUT2D eigenvalue weighted by Crippen LogP contribution is 2.39. The van der Waals surface area contributed by atoms with E-state index in [1.165, 1.54) is 29.9 Å². The average Bonchev–Trinajstić information content (AvgIpc) is 2.32. The van der Waals surface area contributed by atoms with Crippen LogP contribution in [0.1, 0.15) is 26.7 Å². The summed E-state index contributed by atoms with van der Waals surface area (Å²) in [4.78, 5) is 0. The van der Waals surface area contributed by atoms with Crippen molar-refractivity contribution >= 4 is 31.4 Å². The van der Waals surface area contributed by atoms with Crippen molar-refractivity contribution < 1.29 is 0 Å². The van der Waals surface area contributed by atoms with Crippen LogP contribution in [-0.2, 0) is 0 Å². The lowest BCUT2D eigenvalue weighted by Crippen LogP contribution is -1.86. The first kappa shape index (κ1) is 11.6. The van der Waals surface area contributed by atoms with Gasteiger partial charge in [0.05, 0.1) is 0 Å². The Morgan fingerprint density at radius 2 is 2.31 bits per heavy atom. The summed E-state index contributed by atoms with van der Waals surface area (Å²) in [5.74, 6) is 2.40. The fourth-order valence-corrected chi connectivity index (χ4v) is 4.70. The standard InChI is InChI=1S/C10H16S3/c1-9(2)4-3-5-10-6-7-11-13-12-8-10/h4,6H,3,5,7-8H2,1-2H3. The van der Waals surface area contributed by atoms with Crippen molar-refractivity contribution in [3.8, 4) is 0 Å². The molecule has 0 nitrogen and oxygen atoms in total. The fourth-order valence-electron chi connectivity index (χ4n) is 1.09. The third-order valence-corrected chi connectivity index (χ3v) is 5.85. The Morgan fingerprint density at radius 1 is 1.46 bits per heavy atom. The van der Waals surface area contributed by atoms with Gasteiger partial charge in [-0.25, -0.2) is 0 Å². The van der Waals surface area contributed by atoms with Crippen molar-refractivity contribution in [3.05, 3.63) is 23.3 Å². The smallest absolute Gasteiger partial charge is 0.0256 e. The normalized spacial score (nSPS) is 17.5. The molecule has 1 heterocycles. The molecule has 0 saturated carbocycles. The first-order valence-corrected chi connectivity index (χ1v) is 8.33. The summed E-state index contributed by atoms with van der Waals surface area (Å²) in [6, 6.07) is 0. The van der Waals surface area contributed by atoms with Crippen molar-refractivity contribution in [2.24, 2.45) is 0 Å². The first-order valence-electron chi connectivity index (χ1n) is 4.51. The van der Waals surface area contributed by atoms with Crippen LogP contribution in [0.15, 0.2) is 23.3 Å². The molecule has 1 aliphatic heterocycles. The molecule has 1 rings (SSSR count). The minimum Gasteiger partial charge on any atom is -0.0856 e. The Hall–Kier alpha value is 0.530. The van der Waals surface area contributed by atoms with Gasteiger partial charge in [0.25, 0.3) is 0 Å². The quantitative estimate of drug-likeness (QED) is 0.511. The van der Waals surface area contributed by atoms with E-state index < -0.39 is 0 Å². The van der Waals surface area contributed by atoms with Crippen LogP contribution in [0.25, 0.3) is 0 Å². The van der Waals surface area contributed by atoms with Gasteiger partial charge in [-0.15, -0.1) is 0 Å². The summed E-state index contributed by atoms with van der Waals surface area (Å²) in [5.41, 5.74) is 3.06. The lowest BCUT2D eigenvalue weighted by molar-refractivity contribution is 0.969. The van der Waals surface area contributed by atoms with Crippen LogP contribution in [0.2, 0.25) is 0 Å². The third-order valence-electron chi connectivity index (χ3n) is 1.80. The summed E-state index contributed by atoms with van der Waals surface area (Å²) >= 11 is 0. The van der Waals surface area contributed by atoms with E-state index in [0.717, 1.165) is 0 Å². The largest absolute Gasteiger partial charge is 0.0856 e. The zero-order valence-corrected chi connectivity index (χ0v) is 10.7. The predicted octanol–water partition coefficient (Wildman–Crippen LogP) is 4.70. The van der Waals surface area contributed by atoms with Gasteiger partial charge in [-0.3, -0.25) is 0 Å². The van der Waals surface area contributed by atoms with Crippen LogP contribution in [-0.4, -0.2) is 11.5 Å². The number of allylic oxidation sites excluding steroid dienone is 2. The van der Waals surface area contributed by atoms with E-state index in [4.69, 9.17) is 0 Å². The molecule has 0 fully saturated rings. The van der Waals surface area contributed by atoms with Gasteiger partial charge in [-0.1, -0.05) is 44.9 Å². The van der Waals surface area contributed by atoms with Crippen molar-refractivity contribution in [2.75, 3.05) is 11.5 Å². The topological polar surface area (TPSA) is 0 Å². The first-order chi connectivity index (χ1) is 6.29. The maximum Gasteiger partial charge on any atom is 0.0256 e. The SMILES string of the molecule is CC(C)=CCCC1=CCSSSC1. The zero-order chi connectivity index (χ0) is 9.52. The highest BCUT2D eigenvalue weighted by molar-refractivity contribution is 9.09. The molecule has 0 N–H and O–H groups in total. The molecule has 0 radical (unpaired) electrons. The van der Waals surface area contributed by atoms with Crippen LogP contribution < -0.4 is 0 Å². The maximum absolute atomic E-state index is 2.40. The average molecular weight is 232 g/mol. The third kappa shape index (κ3) is 5.76. The van der Waals surface area contributed by atoms with Crippen molar-refractivity contribution in [2.45, 2.75) is 26.7 Å². The van der Waals surface area contributed by atoms with Crippen LogP contribution >= 0.6 is 31.4 Å². The molecular formula is C10H16S3. The molecule has 1 aliphatic rings. The van der Waals surface area contributed by atoms with E-state index >= 15 is 0 Å². The van der Waals surface area contributed by atoms with Crippen LogP contribution in [0, 0.1) is 0 Å². The van der Waals surface area contributed by atoms with E-state index in [0.29, 0.717) is 0 Å². The monoisotopic (exact) mass is 232 g/mol. The van der Waals surface area contributed by atoms with Gasteiger partial charge in [0, 0.05) is 11.5 Å². The zero-order valence-electron chi connectivity index (χ0n) is 8.21. The molecule has 3 heteroatoms. The van der Waals surface area contributed by atoms with E-state index in [1.54, 1.807) is 5.57 Å². The lowest BCUT2D eigenvalue weighted by atomic mass is 10.1. The molecule has 0 bridgehead atoms. The molecule has 0 aliphatic carbocycles. The Kier molecular flexibility index (Phi) is 6.16. The van der Waals surface area contributed by atoms with Gasteiger partial charge < -0.3 is 0 Å². The highest BCUT2D eigenvalue weighted by atomic mass is 33.5. The molecule has 74 valence electrons. The molecular weight excluding hydrogens is 216 g/mol. The Bertz CT molecular complexity index is 202. The maximum atomic E-state index is 2.40. The minimum atomic E-state index is 1.18. The molecule has 0 amide bonds. The number of rotatable bonds is 3. The van der Waals surface area contributed by atoms with E-state index in [1.807, 2.05) is 31.4 Å². The second-order valence-electron chi connectivity index (χ2n) is 3.30. The fraction of sp³-hybridized carbons (Fsp3) is 0.600. The minimum absolute atomic E-state index is 1.18. The molecule has 0 spiro atoms. The van der Waals surface area contributed by atoms with Gasteiger partial charge in [0.1, 0.15) is 0 Å². The summed E-state index contributed by atoms with van der Waals surface area (Å²) < 4.78 is 0. The second-order valence-corrected chi connectivity index (χ2v) is 7.57. The van der Waals surface area contributed by atoms with Gasteiger partial charge in [-0.2, -0.15) is 0 Å². The molecule has 0 aromatic heterocycles. The Morgan fingerprint density at radius 3 is 3.08 bits per heavy atom. The van der Waals surface area contributed by atoms with Crippen LogP contribution in [0.3, 0.4) is 0 Å². The van der Waals surface area contributed by atoms with Crippen LogP contribution in [0.5, 0.6) is 0 Å². The lowest BCUT2D eigenvalue weighted by Gasteiger charge is -2.01. The predicted molar refractivity (Wildman–Crippen MR) is 69.3 cm³/mol. The molecule has 0 atom stereocenters. The molecule has 13 heavy (non-hydrogen) atoms. The number of hydrogen-bond acceptors (Lipinski definition) is 3. The van der Waals surface area contributed by atoms with Gasteiger partial charge in [0.2, 0.25) is 0 Å². The van der Waals surface area contributed by atoms with E-state index in [9.17, 15) is 0 Å². The highest BCUT2D eigenvalue weighted by Gasteiger charge is 2.02. The molecule has 0 aromatic rings. The molecule has 0 aromatic carbocycles. The van der Waals surface area contributed by atoms with Gasteiger partial charge in [0.15, 0.2) is 0 Å². The van der Waals surface area contributed by atoms with Gasteiger partial charge >= 0.3 is 0 Å². The summed E-state index contributed by atoms with van der Waals surface area (Å²) in [5, 5.41) is 0. The Labute approximate surface area is 92.8 Å². The number of hydrogen-bond donors (Lipinski definition) is 0. The summed E-state index contributed by atoms with van der Waals surface area (Å²) in [7, 11) is 5.85. The molecule has 0 saturated heterocycles. The van der Waals surface area contributed by atoms with Crippen molar-refractivity contribution in [3.63, 3.8) is 0 Å². The van der Waals surface area contributed by atoms with E-state index in [-0.39, 0.29) is 0 Å². The van der Waals surface area contributed by atoms with Crippen molar-refractivity contribution in [1.82, 2.24) is 0 Å². The second kappa shape index (κ2) is 6.91. The Balaban J connectivity index is 2.26. The molecule has 0 unspecified atom stereocenters. The summed E-state index contributed by atoms with van der Waals surface area (Å²) in [6.45, 7) is 4.34. The summed E-state index contributed by atoms with van der Waals surface area (Å²) in [6.07, 6.45) is 7.19. The van der Waals surface area contributed by atoms with Crippen LogP contribution in [0.4, 0.5) is 0 Å². The van der Waals surface area contributed by atoms with E-state index in [2.05, 4.69) is 26.0 Å². The van der Waals surface area contributed by atoms with Crippen molar-refractivity contribution in [1.29, 1.82) is 0 Å². The van der Waals surface area contributed by atoms with Gasteiger partial charge in [-0.05, 0) is 36.5 Å².